The van der Waals surface area contributed by atoms with Crippen LogP contribution >= 0.6 is 15.9 Å². The van der Waals surface area contributed by atoms with Gasteiger partial charge in [-0.05, 0) is 32.7 Å². The molecule has 30 heavy (non-hydrogen) atoms. The SMILES string of the molecule is C=C(Br)CC(CCCO[Si](c1ccccc1)(c1ccccc1)C(C)(C)C)OC(C)=O. The minimum atomic E-state index is -2.52. The summed E-state index contributed by atoms with van der Waals surface area (Å²) >= 11 is 3.38. The third-order valence-electron chi connectivity index (χ3n) is 5.19. The molecule has 3 nitrogen and oxygen atoms in total. The van der Waals surface area contributed by atoms with Gasteiger partial charge in [0.2, 0.25) is 0 Å². The number of carbonyl (C=O) groups is 1. The van der Waals surface area contributed by atoms with Gasteiger partial charge in [0.05, 0.1) is 0 Å². The molecule has 0 heterocycles. The zero-order chi connectivity index (χ0) is 22.2. The van der Waals surface area contributed by atoms with Crippen molar-refractivity contribution in [3.05, 3.63) is 71.7 Å². The van der Waals surface area contributed by atoms with Crippen molar-refractivity contribution < 1.29 is 14.0 Å². The van der Waals surface area contributed by atoms with E-state index in [1.54, 1.807) is 0 Å². The Balaban J connectivity index is 2.26. The van der Waals surface area contributed by atoms with E-state index in [0.717, 1.165) is 17.3 Å². The standard InChI is InChI=1S/C25H33BrO3Si/c1-20(26)19-22(29-21(2)27)13-12-18-28-30(25(3,4)5,23-14-8-6-9-15-23)24-16-10-7-11-17-24/h6-11,14-17,22H,1,12-13,18-19H2,2-5H3. The monoisotopic (exact) mass is 488 g/mol. The number of hydrogen-bond acceptors (Lipinski definition) is 3. The number of carbonyl (C=O) groups excluding carboxylic acids is 1. The van der Waals surface area contributed by atoms with Gasteiger partial charge >= 0.3 is 5.97 Å². The second-order valence-electron chi connectivity index (χ2n) is 8.61. The molecular weight excluding hydrogens is 456 g/mol. The molecule has 2 rings (SSSR count). The fourth-order valence-corrected chi connectivity index (χ4v) is 8.95. The summed E-state index contributed by atoms with van der Waals surface area (Å²) in [5.41, 5.74) is 0. The Bertz CT molecular complexity index is 760. The van der Waals surface area contributed by atoms with Gasteiger partial charge in [-0.3, -0.25) is 4.79 Å². The molecule has 0 amide bonds. The highest BCUT2D eigenvalue weighted by Crippen LogP contribution is 2.36. The maximum Gasteiger partial charge on any atom is 0.302 e. The maximum atomic E-state index is 11.4. The lowest BCUT2D eigenvalue weighted by atomic mass is 10.1. The smallest absolute Gasteiger partial charge is 0.302 e. The lowest BCUT2D eigenvalue weighted by Crippen LogP contribution is -2.66. The van der Waals surface area contributed by atoms with Crippen molar-refractivity contribution in [2.24, 2.45) is 0 Å². The number of ether oxygens (including phenoxy) is 1. The van der Waals surface area contributed by atoms with Crippen LogP contribution in [0.3, 0.4) is 0 Å². The molecule has 2 aromatic carbocycles. The zero-order valence-corrected chi connectivity index (χ0v) is 21.1. The quantitative estimate of drug-likeness (QED) is 0.249. The number of halogens is 1. The van der Waals surface area contributed by atoms with Crippen LogP contribution in [-0.2, 0) is 14.0 Å². The third-order valence-corrected chi connectivity index (χ3v) is 10.6. The molecule has 0 saturated carbocycles. The van der Waals surface area contributed by atoms with Crippen molar-refractivity contribution in [2.75, 3.05) is 6.61 Å². The topological polar surface area (TPSA) is 35.5 Å². The van der Waals surface area contributed by atoms with Crippen molar-refractivity contribution in [3.63, 3.8) is 0 Å². The van der Waals surface area contributed by atoms with Crippen LogP contribution in [0.5, 0.6) is 0 Å². The van der Waals surface area contributed by atoms with Crippen molar-refractivity contribution in [3.8, 4) is 0 Å². The molecule has 0 fully saturated rings. The summed E-state index contributed by atoms with van der Waals surface area (Å²) in [5.74, 6) is -0.262. The highest BCUT2D eigenvalue weighted by Gasteiger charge is 2.49. The van der Waals surface area contributed by atoms with Crippen molar-refractivity contribution in [1.82, 2.24) is 0 Å². The molecule has 0 aliphatic carbocycles. The molecule has 0 saturated heterocycles. The Morgan fingerprint density at radius 2 is 1.53 bits per heavy atom. The Labute approximate surface area is 190 Å². The first-order valence-corrected chi connectivity index (χ1v) is 13.1. The predicted octanol–water partition coefficient (Wildman–Crippen LogP) is 5.57. The average molecular weight is 490 g/mol. The molecule has 0 bridgehead atoms. The Morgan fingerprint density at radius 1 is 1.03 bits per heavy atom. The molecule has 1 unspecified atom stereocenters. The first kappa shape index (κ1) is 24.6. The van der Waals surface area contributed by atoms with E-state index in [2.05, 4.69) is 91.8 Å². The minimum absolute atomic E-state index is 0.0465. The van der Waals surface area contributed by atoms with E-state index in [4.69, 9.17) is 9.16 Å². The lowest BCUT2D eigenvalue weighted by Gasteiger charge is -2.43. The summed E-state index contributed by atoms with van der Waals surface area (Å²) in [7, 11) is -2.52. The van der Waals surface area contributed by atoms with E-state index in [9.17, 15) is 4.79 Å². The predicted molar refractivity (Wildman–Crippen MR) is 131 cm³/mol. The first-order valence-electron chi connectivity index (χ1n) is 10.4. The van der Waals surface area contributed by atoms with Crippen LogP contribution in [0, 0.1) is 0 Å². The summed E-state index contributed by atoms with van der Waals surface area (Å²) in [6.45, 7) is 12.8. The highest BCUT2D eigenvalue weighted by atomic mass is 79.9. The Hall–Kier alpha value is -1.69. The van der Waals surface area contributed by atoms with Gasteiger partial charge in [0.1, 0.15) is 6.10 Å². The van der Waals surface area contributed by atoms with Gasteiger partial charge in [0.15, 0.2) is 0 Å². The second-order valence-corrected chi connectivity index (χ2v) is 14.0. The second kappa shape index (κ2) is 11.1. The molecule has 5 heteroatoms. The van der Waals surface area contributed by atoms with Crippen molar-refractivity contribution in [1.29, 1.82) is 0 Å². The van der Waals surface area contributed by atoms with Crippen molar-refractivity contribution >= 4 is 40.6 Å². The summed E-state index contributed by atoms with van der Waals surface area (Å²) in [6, 6.07) is 21.2. The Kier molecular flexibility index (Phi) is 9.07. The number of esters is 1. The van der Waals surface area contributed by atoms with Gasteiger partial charge in [0, 0.05) is 20.0 Å². The van der Waals surface area contributed by atoms with Crippen molar-refractivity contribution in [2.45, 2.75) is 58.1 Å². The van der Waals surface area contributed by atoms with Gasteiger partial charge < -0.3 is 9.16 Å². The van der Waals surface area contributed by atoms with E-state index in [1.807, 2.05) is 12.1 Å². The van der Waals surface area contributed by atoms with Gasteiger partial charge in [-0.1, -0.05) is 104 Å². The Morgan fingerprint density at radius 3 is 1.93 bits per heavy atom. The number of rotatable bonds is 10. The van der Waals surface area contributed by atoms with Gasteiger partial charge in [-0.2, -0.15) is 0 Å². The molecule has 2 aromatic rings. The summed E-state index contributed by atoms with van der Waals surface area (Å²) in [6.07, 6.45) is 1.97. The first-order chi connectivity index (χ1) is 14.2. The summed E-state index contributed by atoms with van der Waals surface area (Å²) in [5, 5.41) is 2.50. The molecule has 0 spiro atoms. The molecule has 0 aromatic heterocycles. The molecule has 0 radical (unpaired) electrons. The summed E-state index contributed by atoms with van der Waals surface area (Å²) in [4.78, 5) is 11.4. The van der Waals surface area contributed by atoms with Crippen LogP contribution in [0.2, 0.25) is 5.04 Å². The maximum absolute atomic E-state index is 11.4. The number of hydrogen-bond donors (Lipinski definition) is 0. The van der Waals surface area contributed by atoms with E-state index in [-0.39, 0.29) is 17.1 Å². The fraction of sp³-hybridized carbons (Fsp3) is 0.400. The molecule has 0 N–H and O–H groups in total. The van der Waals surface area contributed by atoms with Gasteiger partial charge in [-0.25, -0.2) is 0 Å². The molecular formula is C25H33BrO3Si. The molecule has 0 aliphatic heterocycles. The van der Waals surface area contributed by atoms with Crippen LogP contribution < -0.4 is 10.4 Å². The van der Waals surface area contributed by atoms with Crippen LogP contribution in [0.25, 0.3) is 0 Å². The average Bonchev–Trinajstić information content (AvgIpc) is 2.67. The van der Waals surface area contributed by atoms with E-state index < -0.39 is 8.32 Å². The zero-order valence-electron chi connectivity index (χ0n) is 18.5. The highest BCUT2D eigenvalue weighted by molar-refractivity contribution is 9.11. The molecule has 0 aliphatic rings. The largest absolute Gasteiger partial charge is 0.462 e. The van der Waals surface area contributed by atoms with Crippen LogP contribution in [0.15, 0.2) is 71.7 Å². The minimum Gasteiger partial charge on any atom is -0.462 e. The number of benzene rings is 2. The molecule has 1 atom stereocenters. The van der Waals surface area contributed by atoms with E-state index in [0.29, 0.717) is 13.0 Å². The lowest BCUT2D eigenvalue weighted by molar-refractivity contribution is -0.146. The van der Waals surface area contributed by atoms with E-state index >= 15 is 0 Å². The third kappa shape index (κ3) is 6.40. The van der Waals surface area contributed by atoms with Crippen LogP contribution in [0.1, 0.15) is 47.0 Å². The van der Waals surface area contributed by atoms with Crippen LogP contribution in [0.4, 0.5) is 0 Å². The van der Waals surface area contributed by atoms with Gasteiger partial charge in [0.25, 0.3) is 8.32 Å². The van der Waals surface area contributed by atoms with E-state index in [1.165, 1.54) is 17.3 Å². The van der Waals surface area contributed by atoms with Gasteiger partial charge in [-0.15, -0.1) is 0 Å². The summed E-state index contributed by atoms with van der Waals surface area (Å²) < 4.78 is 13.2. The molecule has 162 valence electrons. The normalized spacial score (nSPS) is 13.0. The van der Waals surface area contributed by atoms with Crippen LogP contribution in [-0.4, -0.2) is 27.0 Å². The fourth-order valence-electron chi connectivity index (χ4n) is 3.98.